The van der Waals surface area contributed by atoms with Crippen LogP contribution in [0.3, 0.4) is 0 Å². The molecule has 2 atom stereocenters. The van der Waals surface area contributed by atoms with Crippen LogP contribution in [-0.4, -0.2) is 68.0 Å². The third kappa shape index (κ3) is 4.60. The molecule has 1 aromatic carbocycles. The van der Waals surface area contributed by atoms with Crippen LogP contribution in [0.2, 0.25) is 0 Å². The summed E-state index contributed by atoms with van der Waals surface area (Å²) in [6, 6.07) is 8.41. The lowest BCUT2D eigenvalue weighted by Crippen LogP contribution is -2.62. The molecule has 3 rings (SSSR count). The summed E-state index contributed by atoms with van der Waals surface area (Å²) in [6.07, 6.45) is 1.43. The van der Waals surface area contributed by atoms with E-state index in [4.69, 9.17) is 19.0 Å². The molecule has 9 nitrogen and oxygen atoms in total. The Morgan fingerprint density at radius 3 is 2.53 bits per heavy atom. The Labute approximate surface area is 197 Å². The molecule has 34 heavy (non-hydrogen) atoms. The van der Waals surface area contributed by atoms with Crippen LogP contribution in [0, 0.1) is 5.92 Å². The van der Waals surface area contributed by atoms with Gasteiger partial charge in [-0.3, -0.25) is 14.6 Å². The number of aromatic nitrogens is 1. The second-order valence-corrected chi connectivity index (χ2v) is 8.39. The number of pyridine rings is 1. The summed E-state index contributed by atoms with van der Waals surface area (Å²) >= 11 is 0. The summed E-state index contributed by atoms with van der Waals surface area (Å²) in [5.41, 5.74) is -0.280. The zero-order chi connectivity index (χ0) is 24.9. The summed E-state index contributed by atoms with van der Waals surface area (Å²) in [6.45, 7) is 2.52. The van der Waals surface area contributed by atoms with Gasteiger partial charge in [-0.1, -0.05) is 43.3 Å². The van der Waals surface area contributed by atoms with Crippen molar-refractivity contribution in [2.24, 2.45) is 11.1 Å². The van der Waals surface area contributed by atoms with Gasteiger partial charge >= 0.3 is 5.97 Å². The number of fused-ring (bicyclic) bond motifs is 1. The Balaban J connectivity index is 1.92. The fourth-order valence-corrected chi connectivity index (χ4v) is 4.04. The van der Waals surface area contributed by atoms with Crippen molar-refractivity contribution < 1.29 is 33.0 Å². The first-order valence-corrected chi connectivity index (χ1v) is 10.9. The lowest BCUT2D eigenvalue weighted by molar-refractivity contribution is -0.236. The van der Waals surface area contributed by atoms with Gasteiger partial charge in [-0.05, 0) is 11.5 Å². The van der Waals surface area contributed by atoms with Gasteiger partial charge in [-0.2, -0.15) is 0 Å². The van der Waals surface area contributed by atoms with Gasteiger partial charge in [0.1, 0.15) is 12.4 Å². The number of alkyl halides is 1. The Morgan fingerprint density at radius 1 is 1.21 bits per heavy atom. The molecule has 2 aromatic rings. The molecule has 0 saturated heterocycles. The van der Waals surface area contributed by atoms with Gasteiger partial charge in [0.15, 0.2) is 0 Å². The first-order valence-electron chi connectivity index (χ1n) is 10.9. The van der Waals surface area contributed by atoms with Gasteiger partial charge < -0.3 is 24.4 Å². The minimum atomic E-state index is -1.89. The minimum Gasteiger partial charge on any atom is -0.469 e. The predicted molar refractivity (Wildman–Crippen MR) is 123 cm³/mol. The molecule has 1 aliphatic rings. The second-order valence-electron chi connectivity index (χ2n) is 8.39. The first kappa shape index (κ1) is 25.5. The molecule has 0 spiro atoms. The number of hydrogen-bond acceptors (Lipinski definition) is 8. The van der Waals surface area contributed by atoms with Crippen molar-refractivity contribution in [3.05, 3.63) is 42.2 Å². The minimum absolute atomic E-state index is 0.130. The monoisotopic (exact) mass is 475 g/mol. The summed E-state index contributed by atoms with van der Waals surface area (Å²) in [4.78, 5) is 35.9. The molecule has 0 radical (unpaired) electrons. The van der Waals surface area contributed by atoms with Crippen LogP contribution in [0.1, 0.15) is 32.4 Å². The van der Waals surface area contributed by atoms with E-state index in [2.05, 4.69) is 15.5 Å². The molecule has 1 aromatic heterocycles. The highest BCUT2D eigenvalue weighted by Crippen LogP contribution is 2.36. The maximum Gasteiger partial charge on any atom is 0.307 e. The number of halogens is 1. The van der Waals surface area contributed by atoms with Crippen molar-refractivity contribution >= 4 is 28.4 Å². The predicted octanol–water partition coefficient (Wildman–Crippen LogP) is 2.76. The smallest absolute Gasteiger partial charge is 0.307 e. The lowest BCUT2D eigenvalue weighted by atomic mass is 9.83. The Hall–Kier alpha value is -3.11. The quantitative estimate of drug-likeness (QED) is 0.416. The number of carbonyl (C=O) groups is 2. The zero-order valence-electron chi connectivity index (χ0n) is 20.0. The van der Waals surface area contributed by atoms with E-state index in [1.165, 1.54) is 21.3 Å². The van der Waals surface area contributed by atoms with Gasteiger partial charge in [0.25, 0.3) is 5.91 Å². The zero-order valence-corrected chi connectivity index (χ0v) is 20.0. The number of oxime groups is 1. The molecule has 2 heterocycles. The van der Waals surface area contributed by atoms with Crippen LogP contribution in [0.25, 0.3) is 10.8 Å². The standard InChI is InChI=1S/C24H30FN3O6/c1-15(2)23(22(30)27-19(12-20(29)31-3)24(14-25,32-4)33-5)13-18(28-34-23)21-17-9-7-6-8-16(17)10-11-26-21/h6-11,15,19H,12-14H2,1-5H3,(H,27,30)/t19-,23?/m0/s1. The molecular weight excluding hydrogens is 445 g/mol. The lowest BCUT2D eigenvalue weighted by Gasteiger charge is -2.38. The van der Waals surface area contributed by atoms with Crippen molar-refractivity contribution in [3.8, 4) is 0 Å². The Bertz CT molecular complexity index is 1060. The average Bonchev–Trinajstić information content (AvgIpc) is 3.32. The van der Waals surface area contributed by atoms with E-state index in [1.54, 1.807) is 6.20 Å². The molecule has 0 fully saturated rings. The third-order valence-corrected chi connectivity index (χ3v) is 6.32. The molecule has 1 aliphatic heterocycles. The van der Waals surface area contributed by atoms with E-state index in [-0.39, 0.29) is 18.8 Å². The number of ether oxygens (including phenoxy) is 3. The summed E-state index contributed by atoms with van der Waals surface area (Å²) in [5.74, 6) is -3.46. The molecule has 0 saturated carbocycles. The average molecular weight is 476 g/mol. The van der Waals surface area contributed by atoms with Gasteiger partial charge in [-0.15, -0.1) is 0 Å². The molecule has 1 unspecified atom stereocenters. The topological polar surface area (TPSA) is 108 Å². The summed E-state index contributed by atoms with van der Waals surface area (Å²) in [7, 11) is 3.67. The first-order chi connectivity index (χ1) is 16.3. The molecule has 0 aliphatic carbocycles. The SMILES string of the molecule is COC(=O)C[C@H](NC(=O)C1(C(C)C)CC(c2nccc3ccccc23)=NO1)C(CF)(OC)OC. The number of carbonyl (C=O) groups excluding carboxylic acids is 2. The number of benzene rings is 1. The van der Waals surface area contributed by atoms with Crippen LogP contribution in [0.15, 0.2) is 41.7 Å². The largest absolute Gasteiger partial charge is 0.469 e. The van der Waals surface area contributed by atoms with E-state index >= 15 is 0 Å². The van der Waals surface area contributed by atoms with Crippen molar-refractivity contribution in [1.29, 1.82) is 0 Å². The Morgan fingerprint density at radius 2 is 1.91 bits per heavy atom. The molecule has 0 bridgehead atoms. The molecule has 1 N–H and O–H groups in total. The van der Waals surface area contributed by atoms with Crippen LogP contribution in [0.5, 0.6) is 0 Å². The van der Waals surface area contributed by atoms with Crippen LogP contribution in [0.4, 0.5) is 4.39 Å². The highest BCUT2D eigenvalue weighted by Gasteiger charge is 2.52. The van der Waals surface area contributed by atoms with Gasteiger partial charge in [-0.25, -0.2) is 4.39 Å². The molecule has 1 amide bonds. The van der Waals surface area contributed by atoms with Gasteiger partial charge in [0.2, 0.25) is 11.4 Å². The number of rotatable bonds is 10. The van der Waals surface area contributed by atoms with Crippen molar-refractivity contribution in [1.82, 2.24) is 10.3 Å². The van der Waals surface area contributed by atoms with Crippen LogP contribution >= 0.6 is 0 Å². The normalized spacial score (nSPS) is 19.0. The van der Waals surface area contributed by atoms with E-state index in [1.807, 2.05) is 44.2 Å². The fourth-order valence-electron chi connectivity index (χ4n) is 4.04. The van der Waals surface area contributed by atoms with Crippen molar-refractivity contribution in [2.45, 2.75) is 44.1 Å². The fraction of sp³-hybridized carbons (Fsp3) is 0.500. The number of esters is 1. The second kappa shape index (κ2) is 10.4. The Kier molecular flexibility index (Phi) is 7.83. The number of amides is 1. The number of hydrogen-bond donors (Lipinski definition) is 1. The van der Waals surface area contributed by atoms with Crippen molar-refractivity contribution in [3.63, 3.8) is 0 Å². The third-order valence-electron chi connectivity index (χ3n) is 6.32. The van der Waals surface area contributed by atoms with E-state index in [0.29, 0.717) is 11.4 Å². The number of nitrogens with zero attached hydrogens (tertiary/aromatic N) is 2. The number of methoxy groups -OCH3 is 3. The van der Waals surface area contributed by atoms with E-state index in [9.17, 15) is 14.0 Å². The van der Waals surface area contributed by atoms with E-state index < -0.39 is 36.0 Å². The number of nitrogens with one attached hydrogen (secondary N) is 1. The highest BCUT2D eigenvalue weighted by molar-refractivity contribution is 6.11. The van der Waals surface area contributed by atoms with Gasteiger partial charge in [0.05, 0.1) is 25.3 Å². The molecular formula is C24H30FN3O6. The van der Waals surface area contributed by atoms with Crippen LogP contribution in [-0.2, 0) is 28.6 Å². The molecule has 184 valence electrons. The summed E-state index contributed by atoms with van der Waals surface area (Å²) in [5, 5.41) is 8.78. The van der Waals surface area contributed by atoms with E-state index in [0.717, 1.165) is 10.8 Å². The molecule has 10 heteroatoms. The van der Waals surface area contributed by atoms with Crippen molar-refractivity contribution in [2.75, 3.05) is 28.0 Å². The van der Waals surface area contributed by atoms with Crippen LogP contribution < -0.4 is 5.32 Å². The van der Waals surface area contributed by atoms with Gasteiger partial charge in [0, 0.05) is 38.1 Å². The maximum atomic E-state index is 14.0. The highest BCUT2D eigenvalue weighted by atomic mass is 19.1. The summed E-state index contributed by atoms with van der Waals surface area (Å²) < 4.78 is 29.2. The maximum absolute atomic E-state index is 14.0.